The first kappa shape index (κ1) is 15.1. The van der Waals surface area contributed by atoms with Crippen LogP contribution in [0.25, 0.3) is 0 Å². The molecule has 21 heavy (non-hydrogen) atoms. The second kappa shape index (κ2) is 6.95. The summed E-state index contributed by atoms with van der Waals surface area (Å²) in [5.74, 6) is -0.0300. The van der Waals surface area contributed by atoms with Crippen LogP contribution in [0.5, 0.6) is 0 Å². The normalized spacial score (nSPS) is 10.1. The van der Waals surface area contributed by atoms with Crippen LogP contribution in [0.2, 0.25) is 0 Å². The molecule has 1 amide bonds. The number of nitrogens with zero attached hydrogens (tertiary/aromatic N) is 2. The summed E-state index contributed by atoms with van der Waals surface area (Å²) in [6.07, 6.45) is 1.73. The van der Waals surface area contributed by atoms with Gasteiger partial charge in [0.25, 0.3) is 5.91 Å². The molecule has 108 valence electrons. The van der Waals surface area contributed by atoms with E-state index in [9.17, 15) is 4.79 Å². The largest absolute Gasteiger partial charge is 0.389 e. The van der Waals surface area contributed by atoms with Gasteiger partial charge < -0.3 is 10.6 Å². The molecule has 0 atom stereocenters. The van der Waals surface area contributed by atoms with Crippen molar-refractivity contribution < 1.29 is 4.79 Å². The lowest BCUT2D eigenvalue weighted by molar-refractivity contribution is 0.0750. The number of hydrogen-bond acceptors (Lipinski definition) is 3. The van der Waals surface area contributed by atoms with Gasteiger partial charge in [-0.25, -0.2) is 0 Å². The van der Waals surface area contributed by atoms with E-state index in [1.54, 1.807) is 35.4 Å². The highest BCUT2D eigenvalue weighted by Gasteiger charge is 2.15. The maximum Gasteiger partial charge on any atom is 0.254 e. The Morgan fingerprint density at radius 2 is 1.86 bits per heavy atom. The lowest BCUT2D eigenvalue weighted by Gasteiger charge is -2.20. The second-order valence-corrected chi connectivity index (χ2v) is 5.02. The van der Waals surface area contributed by atoms with Gasteiger partial charge >= 0.3 is 0 Å². The molecule has 0 radical (unpaired) electrons. The van der Waals surface area contributed by atoms with Crippen molar-refractivity contribution in [1.82, 2.24) is 9.88 Å². The van der Waals surface area contributed by atoms with Crippen molar-refractivity contribution in [3.8, 4) is 0 Å². The minimum atomic E-state index is -0.0300. The quantitative estimate of drug-likeness (QED) is 0.861. The van der Waals surface area contributed by atoms with Crippen LogP contribution in [-0.2, 0) is 6.54 Å². The Morgan fingerprint density at radius 1 is 1.19 bits per heavy atom. The minimum absolute atomic E-state index is 0.0300. The van der Waals surface area contributed by atoms with E-state index >= 15 is 0 Å². The molecular weight excluding hydrogens is 282 g/mol. The van der Waals surface area contributed by atoms with E-state index in [1.165, 1.54) is 0 Å². The average Bonchev–Trinajstić information content (AvgIpc) is 2.53. The van der Waals surface area contributed by atoms with Gasteiger partial charge in [-0.3, -0.25) is 9.78 Å². The van der Waals surface area contributed by atoms with Crippen molar-refractivity contribution >= 4 is 23.1 Å². The maximum atomic E-state index is 12.5. The topological polar surface area (TPSA) is 59.2 Å². The van der Waals surface area contributed by atoms with Gasteiger partial charge in [0.15, 0.2) is 0 Å². The van der Waals surface area contributed by atoms with E-state index < -0.39 is 0 Å². The molecule has 0 aliphatic rings. The molecule has 2 rings (SSSR count). The predicted molar refractivity (Wildman–Crippen MR) is 87.0 cm³/mol. The number of pyridine rings is 1. The molecule has 1 aromatic carbocycles. The van der Waals surface area contributed by atoms with Gasteiger partial charge in [0.2, 0.25) is 0 Å². The van der Waals surface area contributed by atoms with Gasteiger partial charge in [0.05, 0.1) is 12.2 Å². The second-order valence-electron chi connectivity index (χ2n) is 4.58. The predicted octanol–water partition coefficient (Wildman–Crippen LogP) is 2.38. The summed E-state index contributed by atoms with van der Waals surface area (Å²) in [6.45, 7) is 3.06. The van der Waals surface area contributed by atoms with Gasteiger partial charge in [0, 0.05) is 23.9 Å². The Labute approximate surface area is 129 Å². The van der Waals surface area contributed by atoms with Crippen molar-refractivity contribution in [2.45, 2.75) is 13.5 Å². The van der Waals surface area contributed by atoms with Crippen LogP contribution in [0.3, 0.4) is 0 Å². The van der Waals surface area contributed by atoms with Crippen molar-refractivity contribution in [2.75, 3.05) is 6.54 Å². The number of nitrogens with two attached hydrogens (primary N) is 1. The molecule has 0 fully saturated rings. The fraction of sp³-hybridized carbons (Fsp3) is 0.188. The number of thiocarbonyl (C=S) groups is 1. The molecule has 2 aromatic rings. The molecule has 0 aliphatic heterocycles. The van der Waals surface area contributed by atoms with Crippen LogP contribution in [0, 0.1) is 0 Å². The van der Waals surface area contributed by atoms with E-state index in [2.05, 4.69) is 4.98 Å². The lowest BCUT2D eigenvalue weighted by atomic mass is 10.1. The van der Waals surface area contributed by atoms with Crippen LogP contribution in [0.4, 0.5) is 0 Å². The summed E-state index contributed by atoms with van der Waals surface area (Å²) in [5.41, 5.74) is 7.80. The molecule has 2 N–H and O–H groups in total. The summed E-state index contributed by atoms with van der Waals surface area (Å²) < 4.78 is 0. The molecule has 0 saturated carbocycles. The molecule has 4 nitrogen and oxygen atoms in total. The molecular formula is C16H17N3OS. The van der Waals surface area contributed by atoms with E-state index in [1.807, 2.05) is 25.1 Å². The molecule has 0 unspecified atom stereocenters. The minimum Gasteiger partial charge on any atom is -0.389 e. The molecule has 0 aliphatic carbocycles. The Hall–Kier alpha value is -2.27. The Bertz CT molecular complexity index is 626. The van der Waals surface area contributed by atoms with Crippen molar-refractivity contribution in [2.24, 2.45) is 5.73 Å². The fourth-order valence-electron chi connectivity index (χ4n) is 1.97. The highest BCUT2D eigenvalue weighted by Crippen LogP contribution is 2.10. The van der Waals surface area contributed by atoms with E-state index in [-0.39, 0.29) is 5.91 Å². The molecule has 5 heteroatoms. The standard InChI is InChI=1S/C16H17N3OS/c1-2-19(11-14-5-3-4-10-18-14)16(20)13-8-6-12(7-9-13)15(17)21/h3-10H,2,11H2,1H3,(H2,17,21). The number of carbonyl (C=O) groups excluding carboxylic acids is 1. The SMILES string of the molecule is CCN(Cc1ccccn1)C(=O)c1ccc(C(N)=S)cc1. The average molecular weight is 299 g/mol. The lowest BCUT2D eigenvalue weighted by Crippen LogP contribution is -2.30. The van der Waals surface area contributed by atoms with Crippen LogP contribution in [0.15, 0.2) is 48.7 Å². The van der Waals surface area contributed by atoms with Crippen molar-refractivity contribution in [3.05, 3.63) is 65.5 Å². The van der Waals surface area contributed by atoms with Crippen molar-refractivity contribution in [1.29, 1.82) is 0 Å². The van der Waals surface area contributed by atoms with E-state index in [0.29, 0.717) is 23.6 Å². The summed E-state index contributed by atoms with van der Waals surface area (Å²) in [7, 11) is 0. The first-order chi connectivity index (χ1) is 10.1. The summed E-state index contributed by atoms with van der Waals surface area (Å²) in [5, 5.41) is 0. The molecule has 1 heterocycles. The summed E-state index contributed by atoms with van der Waals surface area (Å²) in [4.78, 5) is 18.8. The number of hydrogen-bond donors (Lipinski definition) is 1. The van der Waals surface area contributed by atoms with E-state index in [0.717, 1.165) is 11.3 Å². The van der Waals surface area contributed by atoms with Gasteiger partial charge in [-0.05, 0) is 31.2 Å². The third kappa shape index (κ3) is 3.86. The van der Waals surface area contributed by atoms with Crippen LogP contribution >= 0.6 is 12.2 Å². The fourth-order valence-corrected chi connectivity index (χ4v) is 2.11. The highest BCUT2D eigenvalue weighted by atomic mass is 32.1. The molecule has 0 bridgehead atoms. The zero-order valence-electron chi connectivity index (χ0n) is 11.8. The Morgan fingerprint density at radius 3 is 2.38 bits per heavy atom. The first-order valence-electron chi connectivity index (χ1n) is 6.71. The zero-order valence-corrected chi connectivity index (χ0v) is 12.6. The van der Waals surface area contributed by atoms with Crippen LogP contribution in [-0.4, -0.2) is 27.3 Å². The number of rotatable bonds is 5. The number of amides is 1. The number of carbonyl (C=O) groups is 1. The number of benzene rings is 1. The molecule has 0 saturated heterocycles. The monoisotopic (exact) mass is 299 g/mol. The summed E-state index contributed by atoms with van der Waals surface area (Å²) in [6, 6.07) is 12.7. The van der Waals surface area contributed by atoms with Gasteiger partial charge in [0.1, 0.15) is 4.99 Å². The van der Waals surface area contributed by atoms with Crippen molar-refractivity contribution in [3.63, 3.8) is 0 Å². The zero-order chi connectivity index (χ0) is 15.2. The summed E-state index contributed by atoms with van der Waals surface area (Å²) >= 11 is 4.91. The molecule has 1 aromatic heterocycles. The van der Waals surface area contributed by atoms with Crippen LogP contribution < -0.4 is 5.73 Å². The highest BCUT2D eigenvalue weighted by molar-refractivity contribution is 7.80. The smallest absolute Gasteiger partial charge is 0.254 e. The third-order valence-corrected chi connectivity index (χ3v) is 3.40. The van der Waals surface area contributed by atoms with Gasteiger partial charge in [-0.15, -0.1) is 0 Å². The van der Waals surface area contributed by atoms with Crippen LogP contribution in [0.1, 0.15) is 28.5 Å². The Balaban J connectivity index is 2.14. The number of aromatic nitrogens is 1. The maximum absolute atomic E-state index is 12.5. The van der Waals surface area contributed by atoms with Gasteiger partial charge in [-0.1, -0.05) is 30.4 Å². The Kier molecular flexibility index (Phi) is 5.00. The molecule has 0 spiro atoms. The first-order valence-corrected chi connectivity index (χ1v) is 7.11. The van der Waals surface area contributed by atoms with E-state index in [4.69, 9.17) is 18.0 Å². The van der Waals surface area contributed by atoms with Gasteiger partial charge in [-0.2, -0.15) is 0 Å². The third-order valence-electron chi connectivity index (χ3n) is 3.16.